The van der Waals surface area contributed by atoms with Gasteiger partial charge in [0.05, 0.1) is 16.6 Å². The number of nitrogens with one attached hydrogen (secondary N) is 1. The molecule has 0 aliphatic heterocycles. The van der Waals surface area contributed by atoms with E-state index in [0.717, 1.165) is 12.1 Å². The predicted octanol–water partition coefficient (Wildman–Crippen LogP) is 4.12. The van der Waals surface area contributed by atoms with E-state index in [1.54, 1.807) is 24.3 Å². The zero-order valence-electron chi connectivity index (χ0n) is 10.6. The van der Waals surface area contributed by atoms with Crippen LogP contribution in [0.3, 0.4) is 0 Å². The van der Waals surface area contributed by atoms with Gasteiger partial charge in [-0.25, -0.2) is 4.98 Å². The molecule has 1 N–H and O–H groups in total. The summed E-state index contributed by atoms with van der Waals surface area (Å²) in [4.78, 5) is 7.17. The second-order valence-electron chi connectivity index (χ2n) is 4.48. The number of aromatic amines is 1. The molecule has 6 heteroatoms. The van der Waals surface area contributed by atoms with E-state index in [9.17, 15) is 13.2 Å². The molecule has 0 spiro atoms. The molecule has 0 bridgehead atoms. The molecule has 0 fully saturated rings. The van der Waals surface area contributed by atoms with Gasteiger partial charge in [0.15, 0.2) is 0 Å². The van der Waals surface area contributed by atoms with Crippen molar-refractivity contribution in [1.29, 1.82) is 5.26 Å². The molecule has 0 aliphatic rings. The van der Waals surface area contributed by atoms with Crippen LogP contribution < -0.4 is 0 Å². The fourth-order valence-corrected chi connectivity index (χ4v) is 2.10. The number of aromatic nitrogens is 2. The van der Waals surface area contributed by atoms with Crippen LogP contribution in [0.4, 0.5) is 13.2 Å². The predicted molar refractivity (Wildman–Crippen MR) is 71.2 cm³/mol. The van der Waals surface area contributed by atoms with Gasteiger partial charge in [0, 0.05) is 5.56 Å². The van der Waals surface area contributed by atoms with Gasteiger partial charge in [-0.3, -0.25) is 0 Å². The summed E-state index contributed by atoms with van der Waals surface area (Å²) in [5, 5.41) is 9.01. The fourth-order valence-electron chi connectivity index (χ4n) is 2.10. The maximum absolute atomic E-state index is 12.7. The van der Waals surface area contributed by atoms with E-state index in [0.29, 0.717) is 28.0 Å². The normalized spacial score (nSPS) is 11.5. The first-order valence-electron chi connectivity index (χ1n) is 6.05. The summed E-state index contributed by atoms with van der Waals surface area (Å²) in [5.74, 6) is 0.304. The van der Waals surface area contributed by atoms with Crippen LogP contribution >= 0.6 is 0 Å². The largest absolute Gasteiger partial charge is 0.416 e. The summed E-state index contributed by atoms with van der Waals surface area (Å²) in [6, 6.07) is 11.9. The first kappa shape index (κ1) is 13.2. The zero-order chi connectivity index (χ0) is 15.0. The molecular weight excluding hydrogens is 279 g/mol. The average molecular weight is 287 g/mol. The van der Waals surface area contributed by atoms with Gasteiger partial charge < -0.3 is 4.98 Å². The van der Waals surface area contributed by atoms with Crippen molar-refractivity contribution in [2.45, 2.75) is 6.18 Å². The van der Waals surface area contributed by atoms with Crippen LogP contribution in [0.25, 0.3) is 22.4 Å². The van der Waals surface area contributed by atoms with Gasteiger partial charge in [-0.05, 0) is 24.3 Å². The molecule has 0 aliphatic carbocycles. The van der Waals surface area contributed by atoms with E-state index in [1.807, 2.05) is 6.07 Å². The van der Waals surface area contributed by atoms with Crippen LogP contribution in [0.15, 0.2) is 42.5 Å². The Hall–Kier alpha value is -2.81. The Morgan fingerprint density at radius 1 is 1.10 bits per heavy atom. The van der Waals surface area contributed by atoms with Crippen molar-refractivity contribution in [3.63, 3.8) is 0 Å². The molecule has 3 aromatic rings. The van der Waals surface area contributed by atoms with Crippen molar-refractivity contribution < 1.29 is 13.2 Å². The van der Waals surface area contributed by atoms with Crippen LogP contribution in [0.5, 0.6) is 0 Å². The molecule has 0 atom stereocenters. The highest BCUT2D eigenvalue weighted by Crippen LogP contribution is 2.32. The third-order valence-electron chi connectivity index (χ3n) is 3.10. The Morgan fingerprint density at radius 2 is 1.86 bits per heavy atom. The van der Waals surface area contributed by atoms with Crippen LogP contribution in [0, 0.1) is 11.3 Å². The summed E-state index contributed by atoms with van der Waals surface area (Å²) in [6.45, 7) is 0. The number of nitriles is 1. The van der Waals surface area contributed by atoms with E-state index >= 15 is 0 Å². The van der Waals surface area contributed by atoms with E-state index in [4.69, 9.17) is 5.26 Å². The molecule has 0 radical (unpaired) electrons. The van der Waals surface area contributed by atoms with Crippen LogP contribution in [0.1, 0.15) is 11.1 Å². The van der Waals surface area contributed by atoms with Gasteiger partial charge in [0.1, 0.15) is 17.4 Å². The zero-order valence-corrected chi connectivity index (χ0v) is 10.6. The molecule has 21 heavy (non-hydrogen) atoms. The Bertz CT molecular complexity index is 856. The van der Waals surface area contributed by atoms with Crippen LogP contribution in [0.2, 0.25) is 0 Å². The molecule has 0 unspecified atom stereocenters. The van der Waals surface area contributed by atoms with Gasteiger partial charge in [-0.2, -0.15) is 18.4 Å². The smallest absolute Gasteiger partial charge is 0.338 e. The second kappa shape index (κ2) is 4.63. The highest BCUT2D eigenvalue weighted by molar-refractivity contribution is 5.84. The minimum absolute atomic E-state index is 0.304. The molecule has 0 saturated carbocycles. The number of alkyl halides is 3. The number of para-hydroxylation sites is 1. The number of H-pyrrole nitrogens is 1. The number of nitrogens with zero attached hydrogens (tertiary/aromatic N) is 2. The van der Waals surface area contributed by atoms with Gasteiger partial charge in [-0.1, -0.05) is 18.2 Å². The number of hydrogen-bond acceptors (Lipinski definition) is 2. The first-order chi connectivity index (χ1) is 9.99. The van der Waals surface area contributed by atoms with Crippen molar-refractivity contribution in [2.24, 2.45) is 0 Å². The summed E-state index contributed by atoms with van der Waals surface area (Å²) >= 11 is 0. The lowest BCUT2D eigenvalue weighted by Crippen LogP contribution is -2.04. The lowest BCUT2D eigenvalue weighted by atomic mass is 10.1. The number of hydrogen-bond donors (Lipinski definition) is 1. The molecule has 104 valence electrons. The molecule has 3 rings (SSSR count). The summed E-state index contributed by atoms with van der Waals surface area (Å²) in [6.07, 6.45) is -4.40. The third kappa shape index (κ3) is 2.34. The molecule has 0 amide bonds. The highest BCUT2D eigenvalue weighted by atomic mass is 19.4. The molecule has 1 aromatic heterocycles. The summed E-state index contributed by atoms with van der Waals surface area (Å²) in [7, 11) is 0. The summed E-state index contributed by atoms with van der Waals surface area (Å²) < 4.78 is 38.2. The lowest BCUT2D eigenvalue weighted by molar-refractivity contribution is -0.137. The second-order valence-corrected chi connectivity index (χ2v) is 4.48. The van der Waals surface area contributed by atoms with E-state index in [2.05, 4.69) is 9.97 Å². The number of benzene rings is 2. The van der Waals surface area contributed by atoms with Crippen molar-refractivity contribution >= 4 is 11.0 Å². The molecule has 1 heterocycles. The Labute approximate surface area is 117 Å². The van der Waals surface area contributed by atoms with Crippen molar-refractivity contribution in [3.05, 3.63) is 53.6 Å². The van der Waals surface area contributed by atoms with Gasteiger partial charge in [0.25, 0.3) is 0 Å². The van der Waals surface area contributed by atoms with Gasteiger partial charge in [0.2, 0.25) is 0 Å². The topological polar surface area (TPSA) is 52.5 Å². The highest BCUT2D eigenvalue weighted by Gasteiger charge is 2.30. The number of rotatable bonds is 1. The Balaban J connectivity index is 2.16. The molecular formula is C15H8F3N3. The number of halogens is 3. The van der Waals surface area contributed by atoms with Gasteiger partial charge >= 0.3 is 6.18 Å². The van der Waals surface area contributed by atoms with Gasteiger partial charge in [-0.15, -0.1) is 0 Å². The average Bonchev–Trinajstić information content (AvgIpc) is 2.90. The monoisotopic (exact) mass is 287 g/mol. The number of imidazole rings is 1. The van der Waals surface area contributed by atoms with Crippen LogP contribution in [-0.4, -0.2) is 9.97 Å². The molecule has 3 nitrogen and oxygen atoms in total. The quantitative estimate of drug-likeness (QED) is 0.732. The Morgan fingerprint density at radius 3 is 2.57 bits per heavy atom. The lowest BCUT2D eigenvalue weighted by Gasteiger charge is -2.07. The Kier molecular flexibility index (Phi) is 2.91. The standard InChI is InChI=1S/C15H8F3N3/c16-15(17,18)11-5-1-3-9(7-11)14-20-12-6-2-4-10(8-19)13(12)21-14/h1-7H,(H,20,21). The van der Waals surface area contributed by atoms with Crippen molar-refractivity contribution in [1.82, 2.24) is 9.97 Å². The molecule has 2 aromatic carbocycles. The summed E-state index contributed by atoms with van der Waals surface area (Å²) in [5.41, 5.74) is 1.03. The minimum atomic E-state index is -4.40. The van der Waals surface area contributed by atoms with Crippen LogP contribution in [-0.2, 0) is 6.18 Å². The van der Waals surface area contributed by atoms with E-state index in [-0.39, 0.29) is 0 Å². The minimum Gasteiger partial charge on any atom is -0.338 e. The van der Waals surface area contributed by atoms with Crippen molar-refractivity contribution in [3.8, 4) is 17.5 Å². The maximum Gasteiger partial charge on any atom is 0.416 e. The van der Waals surface area contributed by atoms with E-state index in [1.165, 1.54) is 6.07 Å². The SMILES string of the molecule is N#Cc1cccc2[nH]c(-c3cccc(C(F)(F)F)c3)nc12. The maximum atomic E-state index is 12.7. The first-order valence-corrected chi connectivity index (χ1v) is 6.05. The van der Waals surface area contributed by atoms with Crippen molar-refractivity contribution in [2.75, 3.05) is 0 Å². The number of fused-ring (bicyclic) bond motifs is 1. The fraction of sp³-hybridized carbons (Fsp3) is 0.0667. The molecule has 0 saturated heterocycles. The van der Waals surface area contributed by atoms with E-state index < -0.39 is 11.7 Å². The third-order valence-corrected chi connectivity index (χ3v) is 3.10.